The summed E-state index contributed by atoms with van der Waals surface area (Å²) in [6, 6.07) is 10.7. The lowest BCUT2D eigenvalue weighted by Gasteiger charge is -2.21. The first-order valence-corrected chi connectivity index (χ1v) is 6.79. The molecule has 108 valence electrons. The summed E-state index contributed by atoms with van der Waals surface area (Å²) < 4.78 is 11.2. The van der Waals surface area contributed by atoms with E-state index in [1.807, 2.05) is 12.1 Å². The maximum absolute atomic E-state index is 11.1. The van der Waals surface area contributed by atoms with E-state index in [2.05, 4.69) is 0 Å². The summed E-state index contributed by atoms with van der Waals surface area (Å²) in [5.74, 6) is -0.584. The average molecular weight is 305 g/mol. The first kappa shape index (κ1) is 13.8. The average Bonchev–Trinajstić information content (AvgIpc) is 2.75. The molecule has 4 nitrogen and oxygen atoms in total. The molecular weight excluding hydrogens is 292 g/mol. The van der Waals surface area contributed by atoms with Crippen molar-refractivity contribution in [1.82, 2.24) is 0 Å². The summed E-state index contributed by atoms with van der Waals surface area (Å²) in [6.07, 6.45) is 0. The molecule has 1 aromatic heterocycles. The lowest BCUT2D eigenvalue weighted by molar-refractivity contribution is -0.152. The summed E-state index contributed by atoms with van der Waals surface area (Å²) in [7, 11) is 0. The Hall–Kier alpha value is -2.20. The van der Waals surface area contributed by atoms with Gasteiger partial charge in [0.2, 0.25) is 0 Å². The van der Waals surface area contributed by atoms with Crippen LogP contribution in [0.1, 0.15) is 13.8 Å². The third kappa shape index (κ3) is 2.43. The van der Waals surface area contributed by atoms with Gasteiger partial charge in [0, 0.05) is 21.9 Å². The predicted octanol–water partition coefficient (Wildman–Crippen LogP) is 4.48. The van der Waals surface area contributed by atoms with E-state index in [-0.39, 0.29) is 0 Å². The highest BCUT2D eigenvalue weighted by Crippen LogP contribution is 2.33. The Bertz CT molecular complexity index is 848. The Morgan fingerprint density at radius 2 is 1.90 bits per heavy atom. The Kier molecular flexibility index (Phi) is 3.06. The van der Waals surface area contributed by atoms with E-state index < -0.39 is 11.6 Å². The second-order valence-corrected chi connectivity index (χ2v) is 5.75. The van der Waals surface area contributed by atoms with E-state index in [0.29, 0.717) is 16.4 Å². The summed E-state index contributed by atoms with van der Waals surface area (Å²) in [5.41, 5.74) is 0.0539. The van der Waals surface area contributed by atoms with Gasteiger partial charge in [-0.15, -0.1) is 0 Å². The fraction of sp³-hybridized carbons (Fsp3) is 0.188. The zero-order chi connectivity index (χ0) is 15.2. The van der Waals surface area contributed by atoms with Gasteiger partial charge in [0.05, 0.1) is 0 Å². The summed E-state index contributed by atoms with van der Waals surface area (Å²) in [6.45, 7) is 3.00. The van der Waals surface area contributed by atoms with Gasteiger partial charge in [-0.1, -0.05) is 11.6 Å². The molecule has 0 fully saturated rings. The number of carbonyl (C=O) groups is 1. The number of carboxylic acid groups (broad SMARTS) is 1. The number of aliphatic carboxylic acids is 1. The van der Waals surface area contributed by atoms with E-state index in [1.165, 1.54) is 13.8 Å². The molecule has 0 saturated heterocycles. The zero-order valence-corrected chi connectivity index (χ0v) is 12.3. The van der Waals surface area contributed by atoms with Gasteiger partial charge in [-0.05, 0) is 44.2 Å². The minimum Gasteiger partial charge on any atom is -0.478 e. The molecule has 0 aliphatic rings. The molecule has 3 rings (SSSR count). The van der Waals surface area contributed by atoms with Crippen LogP contribution in [-0.2, 0) is 4.79 Å². The smallest absolute Gasteiger partial charge is 0.347 e. The van der Waals surface area contributed by atoms with E-state index in [9.17, 15) is 4.79 Å². The van der Waals surface area contributed by atoms with Crippen LogP contribution in [0.4, 0.5) is 0 Å². The minimum atomic E-state index is -1.30. The first-order valence-electron chi connectivity index (χ1n) is 6.41. The van der Waals surface area contributed by atoms with E-state index in [1.54, 1.807) is 24.3 Å². The van der Waals surface area contributed by atoms with Crippen molar-refractivity contribution in [3.8, 4) is 5.75 Å². The van der Waals surface area contributed by atoms with Crippen molar-refractivity contribution in [3.05, 3.63) is 41.4 Å². The highest BCUT2D eigenvalue weighted by Gasteiger charge is 2.29. The normalized spacial score (nSPS) is 12.0. The van der Waals surface area contributed by atoms with Gasteiger partial charge < -0.3 is 14.3 Å². The molecule has 3 aromatic rings. The van der Waals surface area contributed by atoms with Crippen molar-refractivity contribution in [2.75, 3.05) is 0 Å². The first-order chi connectivity index (χ1) is 9.87. The molecular formula is C16H13ClO4. The Labute approximate surface area is 125 Å². The molecule has 0 aliphatic carbocycles. The molecule has 0 spiro atoms. The fourth-order valence-electron chi connectivity index (χ4n) is 2.13. The minimum absolute atomic E-state index is 0.444. The van der Waals surface area contributed by atoms with Crippen molar-refractivity contribution < 1.29 is 19.1 Å². The second kappa shape index (κ2) is 4.67. The largest absolute Gasteiger partial charge is 0.478 e. The van der Waals surface area contributed by atoms with Gasteiger partial charge in [0.15, 0.2) is 5.60 Å². The van der Waals surface area contributed by atoms with Crippen LogP contribution in [0.5, 0.6) is 5.75 Å². The zero-order valence-electron chi connectivity index (χ0n) is 11.5. The molecule has 0 unspecified atom stereocenters. The van der Waals surface area contributed by atoms with Gasteiger partial charge in [-0.25, -0.2) is 4.79 Å². The van der Waals surface area contributed by atoms with Gasteiger partial charge in [0.25, 0.3) is 0 Å². The predicted molar refractivity (Wildman–Crippen MR) is 81.1 cm³/mol. The van der Waals surface area contributed by atoms with E-state index >= 15 is 0 Å². The molecule has 1 heterocycles. The lowest BCUT2D eigenvalue weighted by atomic mass is 10.1. The monoisotopic (exact) mass is 304 g/mol. The molecule has 0 radical (unpaired) electrons. The maximum atomic E-state index is 11.1. The molecule has 0 bridgehead atoms. The van der Waals surface area contributed by atoms with Crippen molar-refractivity contribution >= 4 is 39.5 Å². The number of fused-ring (bicyclic) bond motifs is 3. The third-order valence-electron chi connectivity index (χ3n) is 3.29. The SMILES string of the molecule is CC(C)(Oc1ccc2c(c1)oc1ccc(Cl)cc12)C(=O)O. The Balaban J connectivity index is 2.09. The molecule has 0 saturated carbocycles. The summed E-state index contributed by atoms with van der Waals surface area (Å²) in [4.78, 5) is 11.1. The third-order valence-corrected chi connectivity index (χ3v) is 3.53. The molecule has 1 N–H and O–H groups in total. The second-order valence-electron chi connectivity index (χ2n) is 5.32. The number of carboxylic acids is 1. The van der Waals surface area contributed by atoms with Crippen LogP contribution in [0.25, 0.3) is 21.9 Å². The van der Waals surface area contributed by atoms with Crippen LogP contribution in [0.3, 0.4) is 0 Å². The number of hydrogen-bond donors (Lipinski definition) is 1. The number of halogens is 1. The number of furan rings is 1. The highest BCUT2D eigenvalue weighted by atomic mass is 35.5. The van der Waals surface area contributed by atoms with Crippen LogP contribution in [0, 0.1) is 0 Å². The van der Waals surface area contributed by atoms with Crippen LogP contribution >= 0.6 is 11.6 Å². The van der Waals surface area contributed by atoms with E-state index in [4.69, 9.17) is 25.9 Å². The molecule has 5 heteroatoms. The topological polar surface area (TPSA) is 59.7 Å². The summed E-state index contributed by atoms with van der Waals surface area (Å²) in [5, 5.41) is 11.6. The summed E-state index contributed by atoms with van der Waals surface area (Å²) >= 11 is 6.00. The maximum Gasteiger partial charge on any atom is 0.347 e. The van der Waals surface area contributed by atoms with Gasteiger partial charge in [-0.3, -0.25) is 0 Å². The van der Waals surface area contributed by atoms with Gasteiger partial charge in [0.1, 0.15) is 16.9 Å². The van der Waals surface area contributed by atoms with Gasteiger partial charge in [-0.2, -0.15) is 0 Å². The van der Waals surface area contributed by atoms with E-state index in [0.717, 1.165) is 16.4 Å². The van der Waals surface area contributed by atoms with Crippen LogP contribution in [0.15, 0.2) is 40.8 Å². The molecule has 2 aromatic carbocycles. The van der Waals surface area contributed by atoms with Crippen molar-refractivity contribution in [2.45, 2.75) is 19.4 Å². The number of hydrogen-bond acceptors (Lipinski definition) is 3. The molecule has 0 atom stereocenters. The Morgan fingerprint density at radius 3 is 2.62 bits per heavy atom. The van der Waals surface area contributed by atoms with Crippen molar-refractivity contribution in [1.29, 1.82) is 0 Å². The highest BCUT2D eigenvalue weighted by molar-refractivity contribution is 6.31. The standard InChI is InChI=1S/C16H13ClO4/c1-16(2,15(18)19)21-10-4-5-11-12-7-9(17)3-6-13(12)20-14(11)8-10/h3-8H,1-2H3,(H,18,19). The van der Waals surface area contributed by atoms with Crippen LogP contribution in [-0.4, -0.2) is 16.7 Å². The van der Waals surface area contributed by atoms with Crippen molar-refractivity contribution in [3.63, 3.8) is 0 Å². The molecule has 0 aliphatic heterocycles. The quantitative estimate of drug-likeness (QED) is 0.775. The molecule has 21 heavy (non-hydrogen) atoms. The van der Waals surface area contributed by atoms with Crippen molar-refractivity contribution in [2.24, 2.45) is 0 Å². The number of benzene rings is 2. The molecule has 0 amide bonds. The number of rotatable bonds is 3. The van der Waals surface area contributed by atoms with Gasteiger partial charge >= 0.3 is 5.97 Å². The lowest BCUT2D eigenvalue weighted by Crippen LogP contribution is -2.37. The Morgan fingerprint density at radius 1 is 1.14 bits per heavy atom. The number of ether oxygens (including phenoxy) is 1. The van der Waals surface area contributed by atoms with Crippen LogP contribution < -0.4 is 4.74 Å². The van der Waals surface area contributed by atoms with Crippen LogP contribution in [0.2, 0.25) is 5.02 Å². The fourth-order valence-corrected chi connectivity index (χ4v) is 2.30.